The van der Waals surface area contributed by atoms with Crippen molar-refractivity contribution in [3.05, 3.63) is 59.7 Å². The molecule has 0 spiro atoms. The van der Waals surface area contributed by atoms with Gasteiger partial charge in [0.2, 0.25) is 53.2 Å². The lowest BCUT2D eigenvalue weighted by Gasteiger charge is -2.30. The molecule has 0 saturated heterocycles. The number of nitrogens with two attached hydrogens (primary N) is 2. The van der Waals surface area contributed by atoms with Gasteiger partial charge >= 0.3 is 0 Å². The smallest absolute Gasteiger partial charge is 0.281 e. The van der Waals surface area contributed by atoms with Gasteiger partial charge in [-0.2, -0.15) is 0 Å². The summed E-state index contributed by atoms with van der Waals surface area (Å²) in [6.07, 6.45) is -4.40. The van der Waals surface area contributed by atoms with E-state index in [0.29, 0.717) is 36.9 Å². The number of unbranched alkanes of at least 4 members (excludes halogenated alkanes) is 1. The molecule has 27 heteroatoms. The SMILES string of the molecule is CC[C@H](C)[C@H](NC(=O)[C@@H]([NH3+])[C@@H](C)O)C(=O)N[C@@H](Cc1ccc(O)cc1)C(=O)N[C@@H](CC(N)=O)C(=O)N[C@H](C(=O)N[C@H](C(=O)N[C@@H](CC(C)C)C(=O)N[C@@H](CCCC[NH3+])C(=O)N[C@@H](Cc1ccc(O)cc1)C(N)=O)[C@@H](C)O)[C@@H](C)O. The van der Waals surface area contributed by atoms with Crippen molar-refractivity contribution in [3.63, 3.8) is 0 Å². The van der Waals surface area contributed by atoms with Crippen molar-refractivity contribution in [1.29, 1.82) is 0 Å². The van der Waals surface area contributed by atoms with Crippen LogP contribution in [0, 0.1) is 11.8 Å². The van der Waals surface area contributed by atoms with Crippen molar-refractivity contribution in [3.8, 4) is 11.5 Å². The molecule has 0 aliphatic rings. The van der Waals surface area contributed by atoms with Crippen molar-refractivity contribution in [2.24, 2.45) is 23.3 Å². The number of phenols is 2. The molecule has 2 aromatic rings. The van der Waals surface area contributed by atoms with E-state index in [4.69, 9.17) is 11.5 Å². The van der Waals surface area contributed by atoms with Crippen LogP contribution >= 0.6 is 0 Å². The number of benzene rings is 2. The van der Waals surface area contributed by atoms with Crippen LogP contribution in [0.1, 0.15) is 98.1 Å². The molecule has 13 atom stereocenters. The number of hydrogen-bond donors (Lipinski definition) is 17. The number of carbonyl (C=O) groups is 10. The summed E-state index contributed by atoms with van der Waals surface area (Å²) in [7, 11) is 0. The summed E-state index contributed by atoms with van der Waals surface area (Å²) in [5, 5.41) is 70.9. The zero-order valence-electron chi connectivity index (χ0n) is 46.0. The normalized spacial score (nSPS) is 16.2. The van der Waals surface area contributed by atoms with E-state index >= 15 is 0 Å². The number of rotatable bonds is 34. The van der Waals surface area contributed by atoms with Crippen LogP contribution < -0.4 is 65.5 Å². The van der Waals surface area contributed by atoms with Crippen molar-refractivity contribution in [2.75, 3.05) is 6.54 Å². The van der Waals surface area contributed by atoms with Gasteiger partial charge < -0.3 is 91.0 Å². The Morgan fingerprint density at radius 3 is 1.34 bits per heavy atom. The number of aliphatic hydroxyl groups is 3. The number of quaternary nitrogens is 2. The average molecular weight is 1120 g/mol. The third-order valence-corrected chi connectivity index (χ3v) is 12.9. The van der Waals surface area contributed by atoms with Gasteiger partial charge in [0.1, 0.15) is 65.9 Å². The van der Waals surface area contributed by atoms with Crippen LogP contribution in [0.4, 0.5) is 0 Å². The maximum Gasteiger partial charge on any atom is 0.281 e. The highest BCUT2D eigenvalue weighted by atomic mass is 16.3. The molecule has 2 aromatic carbocycles. The molecule has 10 amide bonds. The Morgan fingerprint density at radius 2 is 0.886 bits per heavy atom. The van der Waals surface area contributed by atoms with Crippen LogP contribution in [0.3, 0.4) is 0 Å². The number of carbonyl (C=O) groups excluding carboxylic acids is 10. The van der Waals surface area contributed by atoms with Crippen LogP contribution in [0.5, 0.6) is 11.5 Å². The first kappa shape index (κ1) is 67.6. The van der Waals surface area contributed by atoms with Gasteiger partial charge in [-0.05, 0) is 93.7 Å². The maximum atomic E-state index is 14.2. The molecule has 0 aliphatic carbocycles. The molecular weight excluding hydrogens is 1030 g/mol. The number of amides is 10. The third-order valence-electron chi connectivity index (χ3n) is 12.9. The fourth-order valence-electron chi connectivity index (χ4n) is 7.90. The number of aliphatic hydroxyl groups excluding tert-OH is 3. The van der Waals surface area contributed by atoms with Crippen LogP contribution in [0.25, 0.3) is 0 Å². The van der Waals surface area contributed by atoms with Gasteiger partial charge in [0.15, 0.2) is 6.04 Å². The second-order valence-corrected chi connectivity index (χ2v) is 20.3. The van der Waals surface area contributed by atoms with Gasteiger partial charge in [-0.3, -0.25) is 47.9 Å². The molecule has 0 saturated carbocycles. The van der Waals surface area contributed by atoms with Crippen LogP contribution in [0.15, 0.2) is 48.5 Å². The zero-order valence-corrected chi connectivity index (χ0v) is 46.0. The number of phenolic OH excluding ortho intramolecular Hbond substituents is 2. The molecule has 440 valence electrons. The third kappa shape index (κ3) is 23.2. The Hall–Kier alpha value is -7.46. The van der Waals surface area contributed by atoms with E-state index in [1.807, 2.05) is 0 Å². The zero-order chi connectivity index (χ0) is 59.8. The van der Waals surface area contributed by atoms with E-state index < -0.39 is 144 Å². The first-order valence-electron chi connectivity index (χ1n) is 26.2. The number of nitrogens with one attached hydrogen (secondary N) is 8. The molecule has 0 heterocycles. The quantitative estimate of drug-likeness (QED) is 0.0291. The number of aromatic hydroxyl groups is 2. The first-order valence-corrected chi connectivity index (χ1v) is 26.2. The van der Waals surface area contributed by atoms with Crippen molar-refractivity contribution >= 4 is 59.1 Å². The lowest BCUT2D eigenvalue weighted by molar-refractivity contribution is -0.419. The molecule has 0 unspecified atom stereocenters. The Balaban J connectivity index is 2.41. The molecule has 2 rings (SSSR count). The fraction of sp³-hybridized carbons (Fsp3) is 0.577. The van der Waals surface area contributed by atoms with Gasteiger partial charge in [-0.1, -0.05) is 58.4 Å². The maximum absolute atomic E-state index is 14.2. The highest BCUT2D eigenvalue weighted by Gasteiger charge is 2.38. The molecule has 0 aromatic heterocycles. The minimum atomic E-state index is -1.95. The molecular formula is C52H84N12O15+2. The van der Waals surface area contributed by atoms with Crippen LogP contribution in [-0.4, -0.2) is 164 Å². The molecule has 79 heavy (non-hydrogen) atoms. The lowest BCUT2D eigenvalue weighted by Crippen LogP contribution is -2.73. The van der Waals surface area contributed by atoms with E-state index in [9.17, 15) is 73.5 Å². The summed E-state index contributed by atoms with van der Waals surface area (Å²) in [5.41, 5.74) is 19.5. The van der Waals surface area contributed by atoms with Crippen molar-refractivity contribution < 1.29 is 84.9 Å². The van der Waals surface area contributed by atoms with Gasteiger partial charge in [-0.15, -0.1) is 0 Å². The van der Waals surface area contributed by atoms with E-state index in [-0.39, 0.29) is 43.1 Å². The van der Waals surface area contributed by atoms with Gasteiger partial charge in [0, 0.05) is 12.8 Å². The monoisotopic (exact) mass is 1120 g/mol. The highest BCUT2D eigenvalue weighted by Crippen LogP contribution is 2.16. The van der Waals surface area contributed by atoms with Crippen molar-refractivity contribution in [1.82, 2.24) is 42.5 Å². The van der Waals surface area contributed by atoms with E-state index in [2.05, 4.69) is 54.0 Å². The molecule has 23 N–H and O–H groups in total. The Kier molecular flexibility index (Phi) is 28.3. The van der Waals surface area contributed by atoms with Crippen LogP contribution in [-0.2, 0) is 60.8 Å². The average Bonchev–Trinajstić information content (AvgIpc) is 3.37. The largest absolute Gasteiger partial charge is 0.508 e. The van der Waals surface area contributed by atoms with Crippen LogP contribution in [0.2, 0.25) is 0 Å². The van der Waals surface area contributed by atoms with Gasteiger partial charge in [0.05, 0.1) is 25.2 Å². The van der Waals surface area contributed by atoms with Crippen molar-refractivity contribution in [2.45, 2.75) is 173 Å². The van der Waals surface area contributed by atoms with E-state index in [1.165, 1.54) is 43.3 Å². The molecule has 0 fully saturated rings. The Morgan fingerprint density at radius 1 is 0.494 bits per heavy atom. The van der Waals surface area contributed by atoms with Gasteiger partial charge in [0.25, 0.3) is 5.91 Å². The van der Waals surface area contributed by atoms with E-state index in [1.54, 1.807) is 39.8 Å². The first-order chi connectivity index (χ1) is 37.0. The summed E-state index contributed by atoms with van der Waals surface area (Å²) < 4.78 is 0. The second kappa shape index (κ2) is 33.1. The topological polar surface area (TPSA) is 475 Å². The second-order valence-electron chi connectivity index (χ2n) is 20.3. The summed E-state index contributed by atoms with van der Waals surface area (Å²) in [5.74, 6) is -10.8. The summed E-state index contributed by atoms with van der Waals surface area (Å²) >= 11 is 0. The minimum Gasteiger partial charge on any atom is -0.508 e. The summed E-state index contributed by atoms with van der Waals surface area (Å²) in [6.45, 7) is 10.9. The Bertz CT molecular complexity index is 2370. The van der Waals surface area contributed by atoms with Gasteiger partial charge in [-0.25, -0.2) is 0 Å². The fourth-order valence-corrected chi connectivity index (χ4v) is 7.90. The lowest BCUT2D eigenvalue weighted by atomic mass is 9.96. The number of primary amides is 2. The predicted molar refractivity (Wildman–Crippen MR) is 284 cm³/mol. The molecule has 0 aliphatic heterocycles. The molecule has 27 nitrogen and oxygen atoms in total. The predicted octanol–water partition coefficient (Wildman–Crippen LogP) is -5.62. The molecule has 0 radical (unpaired) electrons. The summed E-state index contributed by atoms with van der Waals surface area (Å²) in [4.78, 5) is 135. The standard InChI is InChI=1S/C52H82N12O15/c1-8-26(4)41(62-49(76)40(55)27(5)65)50(77)61-37(23-31-14-18-33(69)19-15-31)47(74)59-38(24-39(54)70)48(75)63-43(29(7)67)52(79)64-42(28(6)66)51(78)60-36(21-25(2)3)46(73)57-34(11-9-10-20-53)45(72)58-35(44(56)71)22-30-12-16-32(68)17-13-30/h12-19,25-29,34-38,40-43,65-69H,8-11,20-24,53,55H2,1-7H3,(H2,54,70)(H2,56,71)(H,57,73)(H,58,72)(H,59,74)(H,60,78)(H,61,77)(H,62,76)(H,63,75)(H,64,79)/p+2/t26-,27+,28+,29+,34-,35-,36-,37-,38-,40-,41-,42-,43-/m0/s1. The van der Waals surface area contributed by atoms with E-state index in [0.717, 1.165) is 13.8 Å². The summed E-state index contributed by atoms with van der Waals surface area (Å²) in [6, 6.07) is -2.10. The Labute approximate surface area is 458 Å². The highest BCUT2D eigenvalue weighted by molar-refractivity contribution is 5.99. The number of hydrogen-bond acceptors (Lipinski definition) is 15. The molecule has 0 bridgehead atoms. The minimum absolute atomic E-state index is 0.0203.